The van der Waals surface area contributed by atoms with Crippen molar-refractivity contribution < 1.29 is 13.9 Å². The second-order valence-corrected chi connectivity index (χ2v) is 4.74. The van der Waals surface area contributed by atoms with Gasteiger partial charge in [0.25, 0.3) is 0 Å². The summed E-state index contributed by atoms with van der Waals surface area (Å²) in [5.74, 6) is 1.25. The summed E-state index contributed by atoms with van der Waals surface area (Å²) in [6, 6.07) is 9.79. The van der Waals surface area contributed by atoms with Crippen molar-refractivity contribution in [2.24, 2.45) is 0 Å². The van der Waals surface area contributed by atoms with Crippen LogP contribution in [-0.2, 0) is 0 Å². The molecule has 0 aliphatic rings. The molecule has 0 amide bonds. The van der Waals surface area contributed by atoms with Crippen molar-refractivity contribution in [3.63, 3.8) is 0 Å². The highest BCUT2D eigenvalue weighted by Gasteiger charge is 2.08. The zero-order valence-electron chi connectivity index (χ0n) is 9.61. The van der Waals surface area contributed by atoms with E-state index in [1.807, 2.05) is 22.6 Å². The van der Waals surface area contributed by atoms with Gasteiger partial charge in [0.2, 0.25) is 0 Å². The van der Waals surface area contributed by atoms with Crippen molar-refractivity contribution >= 4 is 28.3 Å². The van der Waals surface area contributed by atoms with Crippen LogP contribution in [0.3, 0.4) is 0 Å². The number of methoxy groups -OCH3 is 1. The fraction of sp³-hybridized carbons (Fsp3) is 0.0769. The lowest BCUT2D eigenvalue weighted by atomic mass is 10.3. The van der Waals surface area contributed by atoms with Gasteiger partial charge in [-0.1, -0.05) is 0 Å². The number of hydrogen-bond donors (Lipinski definition) is 1. The summed E-state index contributed by atoms with van der Waals surface area (Å²) in [6.07, 6.45) is 0. The first-order chi connectivity index (χ1) is 8.60. The van der Waals surface area contributed by atoms with E-state index in [0.717, 1.165) is 5.75 Å². The molecule has 5 heteroatoms. The second-order valence-electron chi connectivity index (χ2n) is 3.58. The number of rotatable bonds is 3. The number of anilines is 1. The quantitative estimate of drug-likeness (QED) is 0.670. The van der Waals surface area contributed by atoms with Crippen LogP contribution in [0.5, 0.6) is 17.2 Å². The molecular weight excluding hydrogens is 348 g/mol. The third-order valence-corrected chi connectivity index (χ3v) is 3.17. The van der Waals surface area contributed by atoms with Crippen LogP contribution in [0.25, 0.3) is 0 Å². The van der Waals surface area contributed by atoms with E-state index in [9.17, 15) is 4.39 Å². The van der Waals surface area contributed by atoms with Gasteiger partial charge in [-0.05, 0) is 52.9 Å². The molecule has 2 aromatic carbocycles. The van der Waals surface area contributed by atoms with Gasteiger partial charge in [0.05, 0.1) is 16.4 Å². The fourth-order valence-corrected chi connectivity index (χ4v) is 1.89. The molecule has 0 saturated carbocycles. The second kappa shape index (κ2) is 5.43. The first kappa shape index (κ1) is 12.9. The maximum absolute atomic E-state index is 13.4. The predicted molar refractivity (Wildman–Crippen MR) is 76.6 cm³/mol. The highest BCUT2D eigenvalue weighted by molar-refractivity contribution is 14.1. The van der Waals surface area contributed by atoms with Gasteiger partial charge in [-0.15, -0.1) is 0 Å². The van der Waals surface area contributed by atoms with E-state index in [2.05, 4.69) is 0 Å². The molecule has 0 aliphatic carbocycles. The predicted octanol–water partition coefficient (Wildman–Crippen LogP) is 3.81. The Bertz CT molecular complexity index is 558. The number of halogens is 2. The number of hydrogen-bond acceptors (Lipinski definition) is 3. The number of benzene rings is 2. The molecule has 0 atom stereocenters. The Balaban J connectivity index is 2.25. The largest absolute Gasteiger partial charge is 0.497 e. The van der Waals surface area contributed by atoms with E-state index in [1.54, 1.807) is 31.4 Å². The molecule has 18 heavy (non-hydrogen) atoms. The van der Waals surface area contributed by atoms with E-state index >= 15 is 0 Å². The van der Waals surface area contributed by atoms with Gasteiger partial charge >= 0.3 is 0 Å². The molecule has 0 saturated heterocycles. The summed E-state index contributed by atoms with van der Waals surface area (Å²) < 4.78 is 24.4. The maximum atomic E-state index is 13.4. The Hall–Kier alpha value is -1.50. The molecule has 0 spiro atoms. The van der Waals surface area contributed by atoms with Crippen molar-refractivity contribution in [3.05, 3.63) is 45.8 Å². The first-order valence-electron chi connectivity index (χ1n) is 5.16. The van der Waals surface area contributed by atoms with Crippen molar-refractivity contribution in [1.29, 1.82) is 0 Å². The van der Waals surface area contributed by atoms with Crippen LogP contribution in [0, 0.1) is 9.39 Å². The summed E-state index contributed by atoms with van der Waals surface area (Å²) in [6.45, 7) is 0. The van der Waals surface area contributed by atoms with E-state index < -0.39 is 0 Å². The van der Waals surface area contributed by atoms with Gasteiger partial charge in [0.15, 0.2) is 5.75 Å². The van der Waals surface area contributed by atoms with Crippen LogP contribution >= 0.6 is 22.6 Å². The summed E-state index contributed by atoms with van der Waals surface area (Å²) in [4.78, 5) is 0. The number of ether oxygens (including phenoxy) is 2. The molecule has 2 aromatic rings. The van der Waals surface area contributed by atoms with E-state index in [4.69, 9.17) is 15.2 Å². The monoisotopic (exact) mass is 359 g/mol. The lowest BCUT2D eigenvalue weighted by Gasteiger charge is -2.09. The van der Waals surface area contributed by atoms with Gasteiger partial charge in [-0.3, -0.25) is 0 Å². The number of nitrogen functional groups attached to an aromatic ring is 1. The fourth-order valence-electron chi connectivity index (χ4n) is 1.40. The van der Waals surface area contributed by atoms with Gasteiger partial charge in [-0.25, -0.2) is 4.39 Å². The molecule has 0 bridgehead atoms. The maximum Gasteiger partial charge on any atom is 0.153 e. The molecule has 3 nitrogen and oxygen atoms in total. The smallest absolute Gasteiger partial charge is 0.153 e. The van der Waals surface area contributed by atoms with E-state index in [-0.39, 0.29) is 5.82 Å². The van der Waals surface area contributed by atoms with Crippen molar-refractivity contribution in [1.82, 2.24) is 0 Å². The summed E-state index contributed by atoms with van der Waals surface area (Å²) in [5, 5.41) is 0. The van der Waals surface area contributed by atoms with Crippen molar-refractivity contribution in [2.75, 3.05) is 12.8 Å². The SMILES string of the molecule is COc1ccc(Oc2cc(F)c(I)cc2N)cc1. The average molecular weight is 359 g/mol. The van der Waals surface area contributed by atoms with Gasteiger partial charge in [0.1, 0.15) is 17.3 Å². The third kappa shape index (κ3) is 2.84. The molecule has 0 aliphatic heterocycles. The summed E-state index contributed by atoms with van der Waals surface area (Å²) in [5.41, 5.74) is 6.17. The van der Waals surface area contributed by atoms with Crippen LogP contribution in [0.2, 0.25) is 0 Å². The number of nitrogens with two attached hydrogens (primary N) is 1. The van der Waals surface area contributed by atoms with Gasteiger partial charge < -0.3 is 15.2 Å². The summed E-state index contributed by atoms with van der Waals surface area (Å²) >= 11 is 1.88. The molecule has 2 N–H and O–H groups in total. The highest BCUT2D eigenvalue weighted by Crippen LogP contribution is 2.31. The Morgan fingerprint density at radius 2 is 1.72 bits per heavy atom. The van der Waals surface area contributed by atoms with Crippen molar-refractivity contribution in [2.45, 2.75) is 0 Å². The standard InChI is InChI=1S/C13H11FINO2/c1-17-8-2-4-9(5-3-8)18-13-6-10(14)11(15)7-12(13)16/h2-7H,16H2,1H3. The molecule has 2 rings (SSSR count). The summed E-state index contributed by atoms with van der Waals surface area (Å²) in [7, 11) is 1.59. The van der Waals surface area contributed by atoms with Crippen LogP contribution in [0.1, 0.15) is 0 Å². The molecule has 0 aromatic heterocycles. The zero-order valence-corrected chi connectivity index (χ0v) is 11.8. The van der Waals surface area contributed by atoms with E-state index in [0.29, 0.717) is 20.8 Å². The molecule has 0 radical (unpaired) electrons. The van der Waals surface area contributed by atoms with Crippen LogP contribution in [0.4, 0.5) is 10.1 Å². The molecular formula is C13H11FINO2. The van der Waals surface area contributed by atoms with Gasteiger partial charge in [-0.2, -0.15) is 0 Å². The minimum atomic E-state index is -0.353. The Morgan fingerprint density at radius 3 is 2.33 bits per heavy atom. The topological polar surface area (TPSA) is 44.5 Å². The first-order valence-corrected chi connectivity index (χ1v) is 6.24. The Kier molecular flexibility index (Phi) is 3.90. The minimum Gasteiger partial charge on any atom is -0.497 e. The average Bonchev–Trinajstić information content (AvgIpc) is 2.37. The van der Waals surface area contributed by atoms with Crippen LogP contribution < -0.4 is 15.2 Å². The van der Waals surface area contributed by atoms with Gasteiger partial charge in [0, 0.05) is 6.07 Å². The molecule has 0 heterocycles. The molecule has 94 valence electrons. The molecule has 0 fully saturated rings. The van der Waals surface area contributed by atoms with Crippen molar-refractivity contribution in [3.8, 4) is 17.2 Å². The lowest BCUT2D eigenvalue weighted by molar-refractivity contribution is 0.413. The van der Waals surface area contributed by atoms with Crippen LogP contribution in [-0.4, -0.2) is 7.11 Å². The normalized spacial score (nSPS) is 10.2. The zero-order chi connectivity index (χ0) is 13.1. The molecule has 0 unspecified atom stereocenters. The lowest BCUT2D eigenvalue weighted by Crippen LogP contribution is -1.95. The highest BCUT2D eigenvalue weighted by atomic mass is 127. The Labute approximate surface area is 118 Å². The van der Waals surface area contributed by atoms with Crippen LogP contribution in [0.15, 0.2) is 36.4 Å². The minimum absolute atomic E-state index is 0.304. The third-order valence-electron chi connectivity index (χ3n) is 2.34. The van der Waals surface area contributed by atoms with E-state index in [1.165, 1.54) is 12.1 Å². The Morgan fingerprint density at radius 1 is 1.11 bits per heavy atom.